The lowest BCUT2D eigenvalue weighted by molar-refractivity contribution is -0.125. The van der Waals surface area contributed by atoms with Crippen molar-refractivity contribution in [1.82, 2.24) is 5.32 Å². The molecule has 0 heterocycles. The Labute approximate surface area is 92.3 Å². The largest absolute Gasteiger partial charge is 0.381 e. The van der Waals surface area contributed by atoms with Crippen LogP contribution >= 0.6 is 0 Å². The van der Waals surface area contributed by atoms with Crippen LogP contribution in [0, 0.1) is 5.41 Å². The van der Waals surface area contributed by atoms with Gasteiger partial charge in [0.05, 0.1) is 6.61 Å². The minimum atomic E-state index is -0.0823. The van der Waals surface area contributed by atoms with Gasteiger partial charge < -0.3 is 14.8 Å². The van der Waals surface area contributed by atoms with E-state index >= 15 is 0 Å². The van der Waals surface area contributed by atoms with E-state index in [-0.39, 0.29) is 17.9 Å². The van der Waals surface area contributed by atoms with Gasteiger partial charge in [0.25, 0.3) is 0 Å². The van der Waals surface area contributed by atoms with Gasteiger partial charge in [-0.25, -0.2) is 0 Å². The van der Waals surface area contributed by atoms with E-state index in [2.05, 4.69) is 26.1 Å². The van der Waals surface area contributed by atoms with Crippen molar-refractivity contribution < 1.29 is 14.3 Å². The molecule has 0 rings (SSSR count). The van der Waals surface area contributed by atoms with Gasteiger partial charge in [-0.3, -0.25) is 4.79 Å². The van der Waals surface area contributed by atoms with Crippen LogP contribution in [-0.2, 0) is 14.3 Å². The molecule has 0 saturated heterocycles. The third kappa shape index (κ3) is 8.39. The molecule has 4 heteroatoms. The zero-order chi connectivity index (χ0) is 11.7. The second-order valence-corrected chi connectivity index (χ2v) is 4.43. The zero-order valence-electron chi connectivity index (χ0n) is 10.3. The standard InChI is InChI=1S/C11H23NO3/c1-5-6-15-9-11(2,3)8-12-10(13)7-14-4/h5-9H2,1-4H3,(H,12,13). The molecule has 0 unspecified atom stereocenters. The Morgan fingerprint density at radius 3 is 2.60 bits per heavy atom. The Kier molecular flexibility index (Phi) is 7.34. The van der Waals surface area contributed by atoms with Crippen LogP contribution in [0.25, 0.3) is 0 Å². The quantitative estimate of drug-likeness (QED) is 0.621. The molecule has 90 valence electrons. The first kappa shape index (κ1) is 14.4. The lowest BCUT2D eigenvalue weighted by Crippen LogP contribution is -2.38. The molecular formula is C11H23NO3. The molecule has 0 aliphatic carbocycles. The number of ether oxygens (including phenoxy) is 2. The maximum Gasteiger partial charge on any atom is 0.246 e. The number of carbonyl (C=O) groups excluding carboxylic acids is 1. The SMILES string of the molecule is CCCOCC(C)(C)CNC(=O)COC. The highest BCUT2D eigenvalue weighted by molar-refractivity contribution is 5.77. The van der Waals surface area contributed by atoms with E-state index in [4.69, 9.17) is 9.47 Å². The van der Waals surface area contributed by atoms with Gasteiger partial charge in [-0.15, -0.1) is 0 Å². The highest BCUT2D eigenvalue weighted by Gasteiger charge is 2.18. The monoisotopic (exact) mass is 217 g/mol. The van der Waals surface area contributed by atoms with E-state index in [0.29, 0.717) is 13.2 Å². The van der Waals surface area contributed by atoms with Crippen LogP contribution in [-0.4, -0.2) is 39.4 Å². The summed E-state index contributed by atoms with van der Waals surface area (Å²) >= 11 is 0. The summed E-state index contributed by atoms with van der Waals surface area (Å²) in [7, 11) is 1.51. The molecule has 1 amide bonds. The molecule has 0 radical (unpaired) electrons. The van der Waals surface area contributed by atoms with Gasteiger partial charge in [0, 0.05) is 25.7 Å². The minimum Gasteiger partial charge on any atom is -0.381 e. The molecule has 1 N–H and O–H groups in total. The molecule has 0 spiro atoms. The Bertz CT molecular complexity index is 181. The van der Waals surface area contributed by atoms with Gasteiger partial charge >= 0.3 is 0 Å². The first-order valence-corrected chi connectivity index (χ1v) is 5.35. The lowest BCUT2D eigenvalue weighted by Gasteiger charge is -2.24. The van der Waals surface area contributed by atoms with Crippen molar-refractivity contribution in [2.75, 3.05) is 33.5 Å². The smallest absolute Gasteiger partial charge is 0.246 e. The summed E-state index contributed by atoms with van der Waals surface area (Å²) in [6.07, 6.45) is 1.02. The van der Waals surface area contributed by atoms with E-state index in [9.17, 15) is 4.79 Å². The fraction of sp³-hybridized carbons (Fsp3) is 0.909. The van der Waals surface area contributed by atoms with E-state index in [1.807, 2.05) is 0 Å². The molecular weight excluding hydrogens is 194 g/mol. The zero-order valence-corrected chi connectivity index (χ0v) is 10.3. The van der Waals surface area contributed by atoms with E-state index in [1.54, 1.807) is 0 Å². The summed E-state index contributed by atoms with van der Waals surface area (Å²) in [5.74, 6) is -0.0823. The molecule has 0 bridgehead atoms. The Hall–Kier alpha value is -0.610. The third-order valence-electron chi connectivity index (χ3n) is 1.88. The topological polar surface area (TPSA) is 47.6 Å². The van der Waals surface area contributed by atoms with Gasteiger partial charge in [0.15, 0.2) is 0 Å². The summed E-state index contributed by atoms with van der Waals surface area (Å²) in [6.45, 7) is 8.37. The van der Waals surface area contributed by atoms with E-state index < -0.39 is 0 Å². The summed E-state index contributed by atoms with van der Waals surface area (Å²) in [6, 6.07) is 0. The van der Waals surface area contributed by atoms with Crippen LogP contribution in [0.4, 0.5) is 0 Å². The Balaban J connectivity index is 3.67. The number of methoxy groups -OCH3 is 1. The number of amides is 1. The van der Waals surface area contributed by atoms with Crippen LogP contribution in [0.15, 0.2) is 0 Å². The Morgan fingerprint density at radius 1 is 1.40 bits per heavy atom. The van der Waals surface area contributed by atoms with Crippen LogP contribution in [0.3, 0.4) is 0 Å². The van der Waals surface area contributed by atoms with Crippen molar-refractivity contribution in [3.8, 4) is 0 Å². The summed E-state index contributed by atoms with van der Waals surface area (Å²) in [5, 5.41) is 2.81. The van der Waals surface area contributed by atoms with Gasteiger partial charge in [-0.05, 0) is 6.42 Å². The number of rotatable bonds is 8. The summed E-state index contributed by atoms with van der Waals surface area (Å²) < 4.78 is 10.2. The molecule has 0 saturated carbocycles. The highest BCUT2D eigenvalue weighted by atomic mass is 16.5. The second kappa shape index (κ2) is 7.65. The fourth-order valence-corrected chi connectivity index (χ4v) is 1.06. The van der Waals surface area contributed by atoms with Gasteiger partial charge in [-0.1, -0.05) is 20.8 Å². The molecule has 0 aromatic rings. The van der Waals surface area contributed by atoms with Crippen LogP contribution < -0.4 is 5.32 Å². The number of nitrogens with one attached hydrogen (secondary N) is 1. The predicted octanol–water partition coefficient (Wildman–Crippen LogP) is 1.20. The van der Waals surface area contributed by atoms with Gasteiger partial charge in [0.2, 0.25) is 5.91 Å². The van der Waals surface area contributed by atoms with Crippen LogP contribution in [0.5, 0.6) is 0 Å². The molecule has 0 aromatic heterocycles. The van der Waals surface area contributed by atoms with Crippen molar-refractivity contribution in [3.63, 3.8) is 0 Å². The molecule has 0 fully saturated rings. The maximum atomic E-state index is 11.1. The molecule has 0 atom stereocenters. The molecule has 15 heavy (non-hydrogen) atoms. The van der Waals surface area contributed by atoms with Crippen molar-refractivity contribution in [1.29, 1.82) is 0 Å². The van der Waals surface area contributed by atoms with Crippen LogP contribution in [0.1, 0.15) is 27.2 Å². The van der Waals surface area contributed by atoms with E-state index in [1.165, 1.54) is 7.11 Å². The van der Waals surface area contributed by atoms with Crippen LogP contribution in [0.2, 0.25) is 0 Å². The normalized spacial score (nSPS) is 11.5. The number of hydrogen-bond acceptors (Lipinski definition) is 3. The minimum absolute atomic E-state index is 0.0292. The summed E-state index contributed by atoms with van der Waals surface area (Å²) in [5.41, 5.74) is -0.0292. The maximum absolute atomic E-state index is 11.1. The molecule has 0 aliphatic rings. The number of carbonyl (C=O) groups is 1. The van der Waals surface area contributed by atoms with Crippen molar-refractivity contribution >= 4 is 5.91 Å². The van der Waals surface area contributed by atoms with Gasteiger partial charge in [-0.2, -0.15) is 0 Å². The van der Waals surface area contributed by atoms with Gasteiger partial charge in [0.1, 0.15) is 6.61 Å². The average Bonchev–Trinajstić information content (AvgIpc) is 2.16. The Morgan fingerprint density at radius 2 is 2.07 bits per heavy atom. The summed E-state index contributed by atoms with van der Waals surface area (Å²) in [4.78, 5) is 11.1. The van der Waals surface area contributed by atoms with Crippen molar-refractivity contribution in [2.24, 2.45) is 5.41 Å². The molecule has 0 aromatic carbocycles. The molecule has 4 nitrogen and oxygen atoms in total. The molecule has 0 aliphatic heterocycles. The van der Waals surface area contributed by atoms with E-state index in [0.717, 1.165) is 13.0 Å². The average molecular weight is 217 g/mol. The highest BCUT2D eigenvalue weighted by Crippen LogP contribution is 2.13. The second-order valence-electron chi connectivity index (χ2n) is 4.43. The lowest BCUT2D eigenvalue weighted by atomic mass is 9.95. The van der Waals surface area contributed by atoms with Crippen molar-refractivity contribution in [2.45, 2.75) is 27.2 Å². The predicted molar refractivity (Wildman–Crippen MR) is 59.8 cm³/mol. The fourth-order valence-electron chi connectivity index (χ4n) is 1.06. The number of hydrogen-bond donors (Lipinski definition) is 1. The third-order valence-corrected chi connectivity index (χ3v) is 1.88. The van der Waals surface area contributed by atoms with Crippen molar-refractivity contribution in [3.05, 3.63) is 0 Å². The first-order valence-electron chi connectivity index (χ1n) is 5.35. The first-order chi connectivity index (χ1) is 7.02.